The molecule has 0 radical (unpaired) electrons. The van der Waals surface area contributed by atoms with E-state index in [1.165, 1.54) is 20.3 Å². The molecular weight excluding hydrogens is 280 g/mol. The van der Waals surface area contributed by atoms with Crippen LogP contribution in [-0.4, -0.2) is 59.3 Å². The van der Waals surface area contributed by atoms with Crippen LogP contribution in [0.2, 0.25) is 0 Å². The Morgan fingerprint density at radius 2 is 1.86 bits per heavy atom. The molecule has 21 heavy (non-hydrogen) atoms. The Hall–Kier alpha value is -2.58. The molecule has 1 aromatic rings. The number of aliphatic carboxylic acids is 1. The number of carbonyl (C=O) groups excluding carboxylic acids is 1. The number of carboxylic acid groups (broad SMARTS) is 1. The Morgan fingerprint density at radius 3 is 2.29 bits per heavy atom. The van der Waals surface area contributed by atoms with Crippen molar-refractivity contribution in [2.45, 2.75) is 13.3 Å². The van der Waals surface area contributed by atoms with E-state index < -0.39 is 18.5 Å². The van der Waals surface area contributed by atoms with Crippen molar-refractivity contribution in [1.29, 1.82) is 0 Å². The summed E-state index contributed by atoms with van der Waals surface area (Å²) in [6.45, 7) is 1.74. The van der Waals surface area contributed by atoms with Crippen LogP contribution in [0, 0.1) is 0 Å². The second kappa shape index (κ2) is 7.88. The van der Waals surface area contributed by atoms with E-state index in [0.717, 1.165) is 4.90 Å². The molecule has 0 aliphatic rings. The van der Waals surface area contributed by atoms with E-state index in [0.29, 0.717) is 13.0 Å². The standard InChI is InChI=1S/C12H18N4O5/c1-4-5-16(7-10(17)18)12(19)15-11-13-8(20-2)6-9(14-11)21-3/h6H,4-5,7H2,1-3H3,(H,17,18)(H,13,14,15,19). The van der Waals surface area contributed by atoms with Crippen LogP contribution >= 0.6 is 0 Å². The molecule has 2 amide bonds. The molecule has 0 aliphatic carbocycles. The first-order valence-electron chi connectivity index (χ1n) is 6.25. The van der Waals surface area contributed by atoms with Gasteiger partial charge in [0, 0.05) is 6.54 Å². The lowest BCUT2D eigenvalue weighted by atomic mass is 10.4. The summed E-state index contributed by atoms with van der Waals surface area (Å²) in [5.74, 6) is -0.680. The third-order valence-electron chi connectivity index (χ3n) is 2.42. The number of carboxylic acids is 1. The van der Waals surface area contributed by atoms with Crippen molar-refractivity contribution in [2.24, 2.45) is 0 Å². The zero-order valence-electron chi connectivity index (χ0n) is 12.1. The zero-order chi connectivity index (χ0) is 15.8. The van der Waals surface area contributed by atoms with E-state index in [1.54, 1.807) is 0 Å². The first-order valence-corrected chi connectivity index (χ1v) is 6.25. The molecule has 0 bridgehead atoms. The SMILES string of the molecule is CCCN(CC(=O)O)C(=O)Nc1nc(OC)cc(OC)n1. The summed E-state index contributed by atoms with van der Waals surface area (Å²) in [4.78, 5) is 31.8. The van der Waals surface area contributed by atoms with E-state index in [-0.39, 0.29) is 17.7 Å². The van der Waals surface area contributed by atoms with Gasteiger partial charge in [0.1, 0.15) is 6.54 Å². The van der Waals surface area contributed by atoms with Crippen molar-refractivity contribution in [3.05, 3.63) is 6.07 Å². The van der Waals surface area contributed by atoms with Crippen molar-refractivity contribution >= 4 is 17.9 Å². The van der Waals surface area contributed by atoms with Crippen molar-refractivity contribution in [1.82, 2.24) is 14.9 Å². The van der Waals surface area contributed by atoms with Gasteiger partial charge < -0.3 is 19.5 Å². The van der Waals surface area contributed by atoms with Crippen molar-refractivity contribution in [3.8, 4) is 11.8 Å². The van der Waals surface area contributed by atoms with Gasteiger partial charge in [0.25, 0.3) is 0 Å². The molecule has 1 aromatic heterocycles. The number of anilines is 1. The van der Waals surface area contributed by atoms with Gasteiger partial charge in [0.15, 0.2) is 0 Å². The van der Waals surface area contributed by atoms with Gasteiger partial charge in [-0.2, -0.15) is 9.97 Å². The van der Waals surface area contributed by atoms with E-state index in [1.807, 2.05) is 6.92 Å². The molecule has 0 aromatic carbocycles. The topological polar surface area (TPSA) is 114 Å². The third-order valence-corrected chi connectivity index (χ3v) is 2.42. The molecule has 0 fully saturated rings. The second-order valence-electron chi connectivity index (χ2n) is 4.02. The number of rotatable bonds is 7. The maximum Gasteiger partial charge on any atom is 0.324 e. The van der Waals surface area contributed by atoms with Gasteiger partial charge in [-0.3, -0.25) is 10.1 Å². The Labute approximate surface area is 121 Å². The minimum atomic E-state index is -1.09. The monoisotopic (exact) mass is 298 g/mol. The molecule has 116 valence electrons. The maximum atomic E-state index is 12.0. The molecule has 1 heterocycles. The number of nitrogens with zero attached hydrogens (tertiary/aromatic N) is 3. The predicted octanol–water partition coefficient (Wildman–Crippen LogP) is 0.822. The average Bonchev–Trinajstić information content (AvgIpc) is 2.45. The number of aromatic nitrogens is 2. The van der Waals surface area contributed by atoms with Gasteiger partial charge in [-0.25, -0.2) is 4.79 Å². The van der Waals surface area contributed by atoms with Crippen molar-refractivity contribution in [2.75, 3.05) is 32.6 Å². The van der Waals surface area contributed by atoms with Gasteiger partial charge in [-0.05, 0) is 6.42 Å². The largest absolute Gasteiger partial charge is 0.481 e. The van der Waals surface area contributed by atoms with Crippen LogP contribution in [0.5, 0.6) is 11.8 Å². The number of nitrogens with one attached hydrogen (secondary N) is 1. The number of ether oxygens (including phenoxy) is 2. The Balaban J connectivity index is 2.86. The van der Waals surface area contributed by atoms with Crippen LogP contribution in [0.1, 0.15) is 13.3 Å². The predicted molar refractivity (Wildman–Crippen MR) is 73.7 cm³/mol. The number of amides is 2. The van der Waals surface area contributed by atoms with Gasteiger partial charge >= 0.3 is 12.0 Å². The summed E-state index contributed by atoms with van der Waals surface area (Å²) in [5.41, 5.74) is 0. The number of hydrogen-bond acceptors (Lipinski definition) is 6. The Bertz CT molecular complexity index is 486. The summed E-state index contributed by atoms with van der Waals surface area (Å²) in [7, 11) is 2.84. The minimum absolute atomic E-state index is 0.0253. The molecule has 0 atom stereocenters. The minimum Gasteiger partial charge on any atom is -0.481 e. The lowest BCUT2D eigenvalue weighted by Gasteiger charge is -2.19. The highest BCUT2D eigenvalue weighted by molar-refractivity contribution is 5.89. The maximum absolute atomic E-state index is 12.0. The first-order chi connectivity index (χ1) is 9.99. The Morgan fingerprint density at radius 1 is 1.29 bits per heavy atom. The summed E-state index contributed by atoms with van der Waals surface area (Å²) in [5, 5.41) is 11.2. The number of urea groups is 1. The molecule has 0 aliphatic heterocycles. The van der Waals surface area contributed by atoms with Crippen molar-refractivity contribution in [3.63, 3.8) is 0 Å². The fourth-order valence-corrected chi connectivity index (χ4v) is 1.53. The quantitative estimate of drug-likeness (QED) is 0.766. The number of methoxy groups -OCH3 is 2. The van der Waals surface area contributed by atoms with Crippen LogP contribution in [0.4, 0.5) is 10.7 Å². The van der Waals surface area contributed by atoms with Crippen LogP contribution in [-0.2, 0) is 4.79 Å². The molecule has 2 N–H and O–H groups in total. The molecule has 1 rings (SSSR count). The van der Waals surface area contributed by atoms with Crippen LogP contribution in [0.15, 0.2) is 6.07 Å². The number of hydrogen-bond donors (Lipinski definition) is 2. The van der Waals surface area contributed by atoms with Gasteiger partial charge in [-0.15, -0.1) is 0 Å². The van der Waals surface area contributed by atoms with Gasteiger partial charge in [-0.1, -0.05) is 6.92 Å². The highest BCUT2D eigenvalue weighted by Crippen LogP contribution is 2.17. The van der Waals surface area contributed by atoms with Crippen LogP contribution < -0.4 is 14.8 Å². The van der Waals surface area contributed by atoms with Crippen LogP contribution in [0.25, 0.3) is 0 Å². The average molecular weight is 298 g/mol. The normalized spacial score (nSPS) is 9.86. The van der Waals surface area contributed by atoms with E-state index in [2.05, 4.69) is 15.3 Å². The fraction of sp³-hybridized carbons (Fsp3) is 0.500. The second-order valence-corrected chi connectivity index (χ2v) is 4.02. The van der Waals surface area contributed by atoms with E-state index in [4.69, 9.17) is 14.6 Å². The lowest BCUT2D eigenvalue weighted by molar-refractivity contribution is -0.137. The molecule has 9 heteroatoms. The fourth-order valence-electron chi connectivity index (χ4n) is 1.53. The van der Waals surface area contributed by atoms with Gasteiger partial charge in [0.2, 0.25) is 17.7 Å². The van der Waals surface area contributed by atoms with E-state index >= 15 is 0 Å². The molecule has 0 saturated heterocycles. The van der Waals surface area contributed by atoms with Gasteiger partial charge in [0.05, 0.1) is 20.3 Å². The highest BCUT2D eigenvalue weighted by atomic mass is 16.5. The summed E-state index contributed by atoms with van der Waals surface area (Å²) >= 11 is 0. The number of carbonyl (C=O) groups is 2. The highest BCUT2D eigenvalue weighted by Gasteiger charge is 2.17. The third kappa shape index (κ3) is 5.13. The molecule has 9 nitrogen and oxygen atoms in total. The summed E-state index contributed by atoms with van der Waals surface area (Å²) in [6, 6.07) is 0.853. The molecular formula is C12H18N4O5. The zero-order valence-corrected chi connectivity index (χ0v) is 12.1. The lowest BCUT2D eigenvalue weighted by Crippen LogP contribution is -2.39. The smallest absolute Gasteiger partial charge is 0.324 e. The molecule has 0 saturated carbocycles. The summed E-state index contributed by atoms with van der Waals surface area (Å²) < 4.78 is 9.92. The molecule has 0 unspecified atom stereocenters. The molecule has 0 spiro atoms. The first kappa shape index (κ1) is 16.5. The summed E-state index contributed by atoms with van der Waals surface area (Å²) in [6.07, 6.45) is 0.628. The Kier molecular flexibility index (Phi) is 6.18. The van der Waals surface area contributed by atoms with Crippen molar-refractivity contribution < 1.29 is 24.2 Å². The van der Waals surface area contributed by atoms with E-state index in [9.17, 15) is 9.59 Å². The van der Waals surface area contributed by atoms with Crippen LogP contribution in [0.3, 0.4) is 0 Å².